The van der Waals surface area contributed by atoms with Crippen molar-refractivity contribution in [2.24, 2.45) is 5.92 Å². The number of methoxy groups -OCH3 is 1. The number of hydrogen-bond acceptors (Lipinski definition) is 4. The number of benzene rings is 2. The van der Waals surface area contributed by atoms with Gasteiger partial charge in [-0.2, -0.15) is 0 Å². The van der Waals surface area contributed by atoms with E-state index < -0.39 is 0 Å². The molecule has 1 fully saturated rings. The van der Waals surface area contributed by atoms with Crippen molar-refractivity contribution >= 4 is 27.8 Å². The number of hydrogen-bond donors (Lipinski definition) is 0. The molecule has 3 heterocycles. The summed E-state index contributed by atoms with van der Waals surface area (Å²) in [5, 5.41) is 0.890. The first-order chi connectivity index (χ1) is 16.0. The predicted molar refractivity (Wildman–Crippen MR) is 129 cm³/mol. The first-order valence-electron chi connectivity index (χ1n) is 11.4. The molecule has 7 nitrogen and oxygen atoms in total. The Morgan fingerprint density at radius 2 is 1.94 bits per heavy atom. The standard InChI is InChI=1S/C26H28N4O3/c1-18-6-5-13-28(14-18)23(31)16-30-22-8-4-3-7-21(22)24-25(30)26(32)29(17-27-24)15-19-9-11-20(33-2)12-10-19/h3-4,7-12,17-18H,5-6,13-16H2,1-2H3. The van der Waals surface area contributed by atoms with Gasteiger partial charge in [-0.1, -0.05) is 37.3 Å². The van der Waals surface area contributed by atoms with Gasteiger partial charge in [-0.05, 0) is 42.5 Å². The van der Waals surface area contributed by atoms with Crippen LogP contribution in [0.4, 0.5) is 0 Å². The lowest BCUT2D eigenvalue weighted by atomic mass is 10.0. The summed E-state index contributed by atoms with van der Waals surface area (Å²) in [5.74, 6) is 1.32. The largest absolute Gasteiger partial charge is 0.497 e. The van der Waals surface area contributed by atoms with Crippen LogP contribution in [-0.4, -0.2) is 45.1 Å². The number of likely N-dealkylation sites (tertiary alicyclic amines) is 1. The van der Waals surface area contributed by atoms with Gasteiger partial charge in [0.05, 0.1) is 25.5 Å². The van der Waals surface area contributed by atoms with Crippen LogP contribution in [0.3, 0.4) is 0 Å². The maximum absolute atomic E-state index is 13.6. The third-order valence-corrected chi connectivity index (χ3v) is 6.55. The summed E-state index contributed by atoms with van der Waals surface area (Å²) in [6.07, 6.45) is 3.77. The van der Waals surface area contributed by atoms with E-state index >= 15 is 0 Å². The molecule has 5 rings (SSSR count). The highest BCUT2D eigenvalue weighted by atomic mass is 16.5. The van der Waals surface area contributed by atoms with E-state index in [1.165, 1.54) is 0 Å². The molecule has 0 bridgehead atoms. The molecule has 0 saturated carbocycles. The van der Waals surface area contributed by atoms with Crippen LogP contribution in [0.1, 0.15) is 25.3 Å². The van der Waals surface area contributed by atoms with Gasteiger partial charge in [0, 0.05) is 18.5 Å². The molecule has 4 aromatic rings. The highest BCUT2D eigenvalue weighted by Crippen LogP contribution is 2.26. The van der Waals surface area contributed by atoms with Crippen molar-refractivity contribution in [3.05, 3.63) is 70.8 Å². The minimum atomic E-state index is -0.146. The molecule has 0 N–H and O–H groups in total. The fourth-order valence-corrected chi connectivity index (χ4v) is 4.80. The SMILES string of the molecule is COc1ccc(Cn2cnc3c4ccccc4n(CC(=O)N4CCCC(C)C4)c3c2=O)cc1. The zero-order chi connectivity index (χ0) is 22.9. The fraction of sp³-hybridized carbons (Fsp3) is 0.346. The van der Waals surface area contributed by atoms with Crippen molar-refractivity contribution < 1.29 is 9.53 Å². The number of piperidine rings is 1. The number of nitrogens with zero attached hydrogens (tertiary/aromatic N) is 4. The molecule has 170 valence electrons. The number of aromatic nitrogens is 3. The highest BCUT2D eigenvalue weighted by molar-refractivity contribution is 6.06. The van der Waals surface area contributed by atoms with Crippen LogP contribution in [0.2, 0.25) is 0 Å². The van der Waals surface area contributed by atoms with Crippen molar-refractivity contribution in [2.75, 3.05) is 20.2 Å². The van der Waals surface area contributed by atoms with E-state index in [4.69, 9.17) is 4.74 Å². The Bertz CT molecular complexity index is 1370. The van der Waals surface area contributed by atoms with E-state index in [9.17, 15) is 9.59 Å². The Morgan fingerprint density at radius 3 is 2.70 bits per heavy atom. The summed E-state index contributed by atoms with van der Waals surface area (Å²) in [5.41, 5.74) is 2.80. The van der Waals surface area contributed by atoms with Crippen LogP contribution in [0.15, 0.2) is 59.7 Å². The molecule has 1 aliphatic heterocycles. The smallest absolute Gasteiger partial charge is 0.278 e. The van der Waals surface area contributed by atoms with E-state index in [2.05, 4.69) is 11.9 Å². The van der Waals surface area contributed by atoms with E-state index in [0.29, 0.717) is 23.5 Å². The maximum Gasteiger partial charge on any atom is 0.278 e. The van der Waals surface area contributed by atoms with Crippen LogP contribution in [0.25, 0.3) is 21.9 Å². The number of fused-ring (bicyclic) bond motifs is 3. The minimum Gasteiger partial charge on any atom is -0.497 e. The predicted octanol–water partition coefficient (Wildman–Crippen LogP) is 3.67. The quantitative estimate of drug-likeness (QED) is 0.471. The number of para-hydroxylation sites is 1. The van der Waals surface area contributed by atoms with Gasteiger partial charge in [0.15, 0.2) is 0 Å². The minimum absolute atomic E-state index is 0.0501. The topological polar surface area (TPSA) is 69.4 Å². The third kappa shape index (κ3) is 3.99. The lowest BCUT2D eigenvalue weighted by molar-refractivity contribution is -0.133. The molecule has 0 radical (unpaired) electrons. The number of ether oxygens (including phenoxy) is 1. The normalized spacial score (nSPS) is 16.4. The van der Waals surface area contributed by atoms with Gasteiger partial charge in [-0.3, -0.25) is 14.2 Å². The number of amides is 1. The van der Waals surface area contributed by atoms with E-state index in [1.54, 1.807) is 18.0 Å². The zero-order valence-corrected chi connectivity index (χ0v) is 19.0. The van der Waals surface area contributed by atoms with Crippen molar-refractivity contribution in [3.8, 4) is 5.75 Å². The molecule has 0 spiro atoms. The molecule has 1 amide bonds. The molecule has 1 saturated heterocycles. The Morgan fingerprint density at radius 1 is 1.15 bits per heavy atom. The van der Waals surface area contributed by atoms with Gasteiger partial charge in [0.1, 0.15) is 23.3 Å². The van der Waals surface area contributed by atoms with Gasteiger partial charge in [-0.15, -0.1) is 0 Å². The number of carbonyl (C=O) groups excluding carboxylic acids is 1. The molecular formula is C26H28N4O3. The van der Waals surface area contributed by atoms with E-state index in [1.807, 2.05) is 58.0 Å². The summed E-state index contributed by atoms with van der Waals surface area (Å²) < 4.78 is 8.68. The molecule has 1 unspecified atom stereocenters. The summed E-state index contributed by atoms with van der Waals surface area (Å²) in [6, 6.07) is 15.4. The van der Waals surface area contributed by atoms with Crippen molar-refractivity contribution in [3.63, 3.8) is 0 Å². The second-order valence-corrected chi connectivity index (χ2v) is 8.91. The Hall–Kier alpha value is -3.61. The van der Waals surface area contributed by atoms with Gasteiger partial charge in [0.2, 0.25) is 5.91 Å². The summed E-state index contributed by atoms with van der Waals surface area (Å²) in [7, 11) is 1.63. The average molecular weight is 445 g/mol. The van der Waals surface area contributed by atoms with E-state index in [-0.39, 0.29) is 18.0 Å². The molecule has 1 atom stereocenters. The van der Waals surface area contributed by atoms with Crippen LogP contribution in [0, 0.1) is 5.92 Å². The summed E-state index contributed by atoms with van der Waals surface area (Å²) >= 11 is 0. The monoisotopic (exact) mass is 444 g/mol. The number of carbonyl (C=O) groups is 1. The summed E-state index contributed by atoms with van der Waals surface area (Å²) in [4.78, 5) is 33.4. The van der Waals surface area contributed by atoms with Gasteiger partial charge in [0.25, 0.3) is 5.56 Å². The Labute approximate surface area is 192 Å². The fourth-order valence-electron chi connectivity index (χ4n) is 4.80. The number of rotatable bonds is 5. The molecule has 7 heteroatoms. The van der Waals surface area contributed by atoms with Crippen molar-refractivity contribution in [2.45, 2.75) is 32.9 Å². The Kier molecular flexibility index (Phi) is 5.62. The molecule has 1 aliphatic rings. The first kappa shape index (κ1) is 21.2. The Balaban J connectivity index is 1.56. The second-order valence-electron chi connectivity index (χ2n) is 8.91. The molecule has 2 aromatic heterocycles. The van der Waals surface area contributed by atoms with Crippen LogP contribution >= 0.6 is 0 Å². The maximum atomic E-state index is 13.6. The molecule has 33 heavy (non-hydrogen) atoms. The van der Waals surface area contributed by atoms with Gasteiger partial charge in [-0.25, -0.2) is 4.98 Å². The summed E-state index contributed by atoms with van der Waals surface area (Å²) in [6.45, 7) is 4.27. The van der Waals surface area contributed by atoms with Gasteiger partial charge >= 0.3 is 0 Å². The van der Waals surface area contributed by atoms with Crippen molar-refractivity contribution in [1.82, 2.24) is 19.0 Å². The lowest BCUT2D eigenvalue weighted by Crippen LogP contribution is -2.41. The zero-order valence-electron chi connectivity index (χ0n) is 19.0. The molecule has 0 aliphatic carbocycles. The third-order valence-electron chi connectivity index (χ3n) is 6.55. The average Bonchev–Trinajstić information content (AvgIpc) is 3.15. The second kappa shape index (κ2) is 8.73. The molecular weight excluding hydrogens is 416 g/mol. The van der Waals surface area contributed by atoms with Crippen LogP contribution < -0.4 is 10.3 Å². The van der Waals surface area contributed by atoms with Gasteiger partial charge < -0.3 is 14.2 Å². The molecule has 2 aromatic carbocycles. The first-order valence-corrected chi connectivity index (χ1v) is 11.4. The van der Waals surface area contributed by atoms with E-state index in [0.717, 1.165) is 48.1 Å². The van der Waals surface area contributed by atoms with Crippen molar-refractivity contribution in [1.29, 1.82) is 0 Å². The highest BCUT2D eigenvalue weighted by Gasteiger charge is 2.24. The van der Waals surface area contributed by atoms with Crippen LogP contribution in [0.5, 0.6) is 5.75 Å². The van der Waals surface area contributed by atoms with Crippen LogP contribution in [-0.2, 0) is 17.9 Å². The lowest BCUT2D eigenvalue weighted by Gasteiger charge is -2.31.